The molecular formula is C17H27FN2O. The van der Waals surface area contributed by atoms with Gasteiger partial charge in [0.15, 0.2) is 0 Å². The Balaban J connectivity index is 2.41. The summed E-state index contributed by atoms with van der Waals surface area (Å²) < 4.78 is 13.5. The third-order valence-corrected chi connectivity index (χ3v) is 3.69. The maximum atomic E-state index is 13.5. The van der Waals surface area contributed by atoms with Crippen molar-refractivity contribution in [3.63, 3.8) is 0 Å². The van der Waals surface area contributed by atoms with Crippen LogP contribution >= 0.6 is 0 Å². The maximum Gasteiger partial charge on any atom is 0.105 e. The van der Waals surface area contributed by atoms with E-state index in [1.165, 1.54) is 19.4 Å². The van der Waals surface area contributed by atoms with Crippen LogP contribution in [-0.2, 0) is 6.42 Å². The molecular weight excluding hydrogens is 267 g/mol. The van der Waals surface area contributed by atoms with E-state index in [1.807, 2.05) is 30.3 Å². The third kappa shape index (κ3) is 7.81. The molecule has 0 bridgehead atoms. The minimum absolute atomic E-state index is 0.0398. The summed E-state index contributed by atoms with van der Waals surface area (Å²) >= 11 is 0. The van der Waals surface area contributed by atoms with E-state index in [-0.39, 0.29) is 11.8 Å². The van der Waals surface area contributed by atoms with Crippen molar-refractivity contribution in [3.8, 4) is 0 Å². The second-order valence-corrected chi connectivity index (χ2v) is 6.32. The quantitative estimate of drug-likeness (QED) is 0.482. The molecule has 4 heteroatoms. The van der Waals surface area contributed by atoms with Crippen molar-refractivity contribution in [1.82, 2.24) is 0 Å². The molecule has 21 heavy (non-hydrogen) atoms. The fourth-order valence-corrected chi connectivity index (χ4v) is 2.34. The van der Waals surface area contributed by atoms with Gasteiger partial charge in [-0.2, -0.15) is 0 Å². The molecule has 0 spiro atoms. The van der Waals surface area contributed by atoms with E-state index in [2.05, 4.69) is 0 Å². The van der Waals surface area contributed by atoms with Crippen molar-refractivity contribution in [1.29, 1.82) is 5.41 Å². The first-order chi connectivity index (χ1) is 9.78. The Kier molecular flexibility index (Phi) is 6.82. The molecule has 0 aliphatic carbocycles. The van der Waals surface area contributed by atoms with Crippen molar-refractivity contribution in [2.24, 2.45) is 11.7 Å². The van der Waals surface area contributed by atoms with Crippen LogP contribution in [0.25, 0.3) is 0 Å². The van der Waals surface area contributed by atoms with Crippen LogP contribution in [0.3, 0.4) is 0 Å². The number of aliphatic hydroxyl groups excluding tert-OH is 1. The summed E-state index contributed by atoms with van der Waals surface area (Å²) in [6.07, 6.45) is 2.19. The normalized spacial score (nSPS) is 14.7. The van der Waals surface area contributed by atoms with E-state index in [0.717, 1.165) is 6.42 Å². The molecule has 0 aliphatic rings. The first kappa shape index (κ1) is 17.6. The summed E-state index contributed by atoms with van der Waals surface area (Å²) in [6.45, 7) is 3.05. The molecule has 1 rings (SSSR count). The largest absolute Gasteiger partial charge is 0.393 e. The molecule has 2 unspecified atom stereocenters. The monoisotopic (exact) mass is 294 g/mol. The van der Waals surface area contributed by atoms with Crippen molar-refractivity contribution >= 4 is 5.84 Å². The van der Waals surface area contributed by atoms with Crippen LogP contribution < -0.4 is 5.73 Å². The highest BCUT2D eigenvalue weighted by molar-refractivity contribution is 5.79. The number of aliphatic hydroxyl groups is 1. The minimum Gasteiger partial charge on any atom is -0.393 e. The Hall–Kier alpha value is -1.42. The Morgan fingerprint density at radius 2 is 1.90 bits per heavy atom. The zero-order chi connectivity index (χ0) is 15.9. The van der Waals surface area contributed by atoms with Crippen molar-refractivity contribution in [2.45, 2.75) is 57.7 Å². The van der Waals surface area contributed by atoms with Crippen LogP contribution in [0.1, 0.15) is 45.1 Å². The Labute approximate surface area is 126 Å². The number of nitrogens with one attached hydrogen (secondary N) is 1. The van der Waals surface area contributed by atoms with Gasteiger partial charge in [0, 0.05) is 5.92 Å². The van der Waals surface area contributed by atoms with Crippen LogP contribution in [0.4, 0.5) is 4.39 Å². The van der Waals surface area contributed by atoms with Crippen LogP contribution in [0.5, 0.6) is 0 Å². The summed E-state index contributed by atoms with van der Waals surface area (Å²) in [7, 11) is 0. The highest BCUT2D eigenvalue weighted by atomic mass is 19.1. The van der Waals surface area contributed by atoms with Gasteiger partial charge in [-0.05, 0) is 51.5 Å². The van der Waals surface area contributed by atoms with Gasteiger partial charge in [-0.15, -0.1) is 0 Å². The number of alkyl halides is 1. The number of nitrogens with two attached hydrogens (primary N) is 1. The zero-order valence-corrected chi connectivity index (χ0v) is 13.0. The molecule has 4 N–H and O–H groups in total. The lowest BCUT2D eigenvalue weighted by Gasteiger charge is -2.22. The third-order valence-electron chi connectivity index (χ3n) is 3.69. The molecule has 0 amide bonds. The smallest absolute Gasteiger partial charge is 0.105 e. The Bertz CT molecular complexity index is 428. The standard InChI is InChI=1S/C17H27FN2O/c1-17(2,18)11-10-14(16(19)20)12-15(21)9-8-13-6-4-3-5-7-13/h3-7,14-15,21H,8-12H2,1-2H3,(H3,19,20). The van der Waals surface area contributed by atoms with Crippen LogP contribution in [-0.4, -0.2) is 22.7 Å². The molecule has 0 fully saturated rings. The minimum atomic E-state index is -1.26. The summed E-state index contributed by atoms with van der Waals surface area (Å²) in [5.74, 6) is -0.205. The SMILES string of the molecule is CC(C)(F)CCC(CC(O)CCc1ccccc1)C(=N)N. The summed E-state index contributed by atoms with van der Waals surface area (Å²) in [4.78, 5) is 0. The number of rotatable bonds is 9. The van der Waals surface area contributed by atoms with Crippen LogP contribution in [0, 0.1) is 11.3 Å². The van der Waals surface area contributed by atoms with Gasteiger partial charge in [-0.1, -0.05) is 30.3 Å². The second kappa shape index (κ2) is 8.13. The first-order valence-electron chi connectivity index (χ1n) is 7.53. The van der Waals surface area contributed by atoms with E-state index in [1.54, 1.807) is 0 Å². The topological polar surface area (TPSA) is 70.1 Å². The number of hydrogen-bond acceptors (Lipinski definition) is 2. The fourth-order valence-electron chi connectivity index (χ4n) is 2.34. The lowest BCUT2D eigenvalue weighted by molar-refractivity contribution is 0.133. The fraction of sp³-hybridized carbons (Fsp3) is 0.588. The predicted octanol–water partition coefficient (Wildman–Crippen LogP) is 3.45. The van der Waals surface area contributed by atoms with Gasteiger partial charge >= 0.3 is 0 Å². The molecule has 1 aromatic rings. The van der Waals surface area contributed by atoms with Crippen molar-refractivity contribution in [2.75, 3.05) is 0 Å². The molecule has 0 aromatic heterocycles. The van der Waals surface area contributed by atoms with Gasteiger partial charge in [0.1, 0.15) is 5.67 Å². The number of amidine groups is 1. The summed E-state index contributed by atoms with van der Waals surface area (Å²) in [6, 6.07) is 9.97. The number of halogens is 1. The number of hydrogen-bond donors (Lipinski definition) is 3. The summed E-state index contributed by atoms with van der Waals surface area (Å²) in [5.41, 5.74) is 5.49. The maximum absolute atomic E-state index is 13.5. The molecule has 3 nitrogen and oxygen atoms in total. The molecule has 118 valence electrons. The van der Waals surface area contributed by atoms with E-state index in [0.29, 0.717) is 25.7 Å². The van der Waals surface area contributed by atoms with Crippen LogP contribution in [0.2, 0.25) is 0 Å². The average molecular weight is 294 g/mol. The van der Waals surface area contributed by atoms with Gasteiger partial charge in [-0.25, -0.2) is 4.39 Å². The van der Waals surface area contributed by atoms with E-state index < -0.39 is 11.8 Å². The highest BCUT2D eigenvalue weighted by Gasteiger charge is 2.22. The van der Waals surface area contributed by atoms with Gasteiger partial charge in [0.25, 0.3) is 0 Å². The van der Waals surface area contributed by atoms with Gasteiger partial charge in [0.05, 0.1) is 11.9 Å². The van der Waals surface area contributed by atoms with Gasteiger partial charge < -0.3 is 10.8 Å². The van der Waals surface area contributed by atoms with Crippen LogP contribution in [0.15, 0.2) is 30.3 Å². The molecule has 1 aromatic carbocycles. The van der Waals surface area contributed by atoms with E-state index >= 15 is 0 Å². The van der Waals surface area contributed by atoms with E-state index in [4.69, 9.17) is 11.1 Å². The molecule has 0 radical (unpaired) electrons. The zero-order valence-electron chi connectivity index (χ0n) is 13.0. The van der Waals surface area contributed by atoms with Crippen molar-refractivity contribution < 1.29 is 9.50 Å². The lowest BCUT2D eigenvalue weighted by atomic mass is 9.89. The highest BCUT2D eigenvalue weighted by Crippen LogP contribution is 2.23. The first-order valence-corrected chi connectivity index (χ1v) is 7.53. The molecule has 0 heterocycles. The van der Waals surface area contributed by atoms with Gasteiger partial charge in [0.2, 0.25) is 0 Å². The molecule has 0 saturated heterocycles. The number of benzene rings is 1. The Morgan fingerprint density at radius 1 is 1.29 bits per heavy atom. The molecule has 2 atom stereocenters. The lowest BCUT2D eigenvalue weighted by Crippen LogP contribution is -2.28. The Morgan fingerprint density at radius 3 is 2.43 bits per heavy atom. The predicted molar refractivity (Wildman–Crippen MR) is 85.2 cm³/mol. The summed E-state index contributed by atoms with van der Waals surface area (Å²) in [5, 5.41) is 17.7. The van der Waals surface area contributed by atoms with E-state index in [9.17, 15) is 9.50 Å². The second-order valence-electron chi connectivity index (χ2n) is 6.32. The molecule has 0 aliphatic heterocycles. The number of aryl methyl sites for hydroxylation is 1. The van der Waals surface area contributed by atoms with Crippen molar-refractivity contribution in [3.05, 3.63) is 35.9 Å². The molecule has 0 saturated carbocycles. The average Bonchev–Trinajstić information content (AvgIpc) is 2.41. The van der Waals surface area contributed by atoms with Gasteiger partial charge in [-0.3, -0.25) is 5.41 Å².